The number of nitrogens with zero attached hydrogens (tertiary/aromatic N) is 1. The van der Waals surface area contributed by atoms with Gasteiger partial charge >= 0.3 is 24.1 Å². The Morgan fingerprint density at radius 1 is 1.35 bits per heavy atom. The third-order valence-corrected chi connectivity index (χ3v) is 1.96. The number of rotatable bonds is 6. The van der Waals surface area contributed by atoms with Gasteiger partial charge in [-0.1, -0.05) is 0 Å². The number of nitrogens with one attached hydrogen (secondary N) is 1. The number of carboxylic acid groups (broad SMARTS) is 1. The maximum absolute atomic E-state index is 12.2. The Bertz CT molecular complexity index is 372. The van der Waals surface area contributed by atoms with Crippen LogP contribution in [0.1, 0.15) is 13.8 Å². The van der Waals surface area contributed by atoms with Gasteiger partial charge in [-0.15, -0.1) is 0 Å². The summed E-state index contributed by atoms with van der Waals surface area (Å²) in [4.78, 5) is 33.2. The van der Waals surface area contributed by atoms with E-state index in [0.717, 1.165) is 0 Å². The van der Waals surface area contributed by atoms with Crippen molar-refractivity contribution < 1.29 is 37.4 Å². The molecule has 0 aliphatic rings. The smallest absolute Gasteiger partial charge is 0.406 e. The summed E-state index contributed by atoms with van der Waals surface area (Å²) in [7, 11) is 0. The minimum Gasteiger partial charge on any atom is -0.480 e. The van der Waals surface area contributed by atoms with Gasteiger partial charge in [-0.25, -0.2) is 9.59 Å². The van der Waals surface area contributed by atoms with E-state index >= 15 is 0 Å². The first kappa shape index (κ1) is 18.0. The van der Waals surface area contributed by atoms with Crippen molar-refractivity contribution >= 4 is 18.0 Å². The lowest BCUT2D eigenvalue weighted by molar-refractivity contribution is -0.149. The summed E-state index contributed by atoms with van der Waals surface area (Å²) in [6, 6.07) is -2.50. The molecular weight excluding hydrogens is 285 g/mol. The number of halogens is 3. The molecule has 0 bridgehead atoms. The summed E-state index contributed by atoms with van der Waals surface area (Å²) in [5, 5.41) is 10.4. The number of hydrogen-bond donors (Lipinski definition) is 2. The Balaban J connectivity index is 4.70. The van der Waals surface area contributed by atoms with Crippen LogP contribution in [0.25, 0.3) is 0 Å². The Hall–Kier alpha value is -2.00. The molecule has 0 aliphatic carbocycles. The zero-order valence-corrected chi connectivity index (χ0v) is 10.9. The van der Waals surface area contributed by atoms with Crippen LogP contribution in [0.15, 0.2) is 0 Å². The number of urea groups is 1. The van der Waals surface area contributed by atoms with Crippen LogP contribution in [0.4, 0.5) is 18.0 Å². The van der Waals surface area contributed by atoms with Gasteiger partial charge in [0, 0.05) is 0 Å². The fraction of sp³-hybridized carbons (Fsp3) is 0.700. The van der Waals surface area contributed by atoms with E-state index < -0.39 is 43.3 Å². The molecule has 20 heavy (non-hydrogen) atoms. The van der Waals surface area contributed by atoms with Gasteiger partial charge in [-0.3, -0.25) is 4.79 Å². The maximum atomic E-state index is 12.2. The zero-order chi connectivity index (χ0) is 15.9. The molecule has 2 N–H and O–H groups in total. The van der Waals surface area contributed by atoms with E-state index in [-0.39, 0.29) is 11.5 Å². The van der Waals surface area contributed by atoms with E-state index in [2.05, 4.69) is 4.74 Å². The second-order valence-corrected chi connectivity index (χ2v) is 3.79. The van der Waals surface area contributed by atoms with Crippen LogP contribution >= 0.6 is 0 Å². The third-order valence-electron chi connectivity index (χ3n) is 1.96. The average Bonchev–Trinajstić information content (AvgIpc) is 2.25. The first-order valence-corrected chi connectivity index (χ1v) is 5.57. The standard InChI is InChI=1S/C10H15F3N2O5/c1-3-20-8(18)6(2)14-9(19)15(4-7(16)17)5-10(11,12)13/h6H,3-5H2,1-2H3,(H,14,19)(H,16,17). The summed E-state index contributed by atoms with van der Waals surface area (Å²) >= 11 is 0. The molecule has 7 nitrogen and oxygen atoms in total. The molecule has 1 atom stereocenters. The van der Waals surface area contributed by atoms with Gasteiger partial charge < -0.3 is 20.1 Å². The normalized spacial score (nSPS) is 12.4. The highest BCUT2D eigenvalue weighted by molar-refractivity contribution is 5.85. The first-order valence-electron chi connectivity index (χ1n) is 5.57. The summed E-state index contributed by atoms with van der Waals surface area (Å²) in [5.74, 6) is -2.43. The van der Waals surface area contributed by atoms with E-state index in [9.17, 15) is 27.6 Å². The van der Waals surface area contributed by atoms with Crippen molar-refractivity contribution in [3.63, 3.8) is 0 Å². The van der Waals surface area contributed by atoms with Crippen molar-refractivity contribution in [3.8, 4) is 0 Å². The van der Waals surface area contributed by atoms with Crippen molar-refractivity contribution in [1.82, 2.24) is 10.2 Å². The predicted octanol–water partition coefficient (Wildman–Crippen LogP) is 0.597. The first-order chi connectivity index (χ1) is 9.06. The van der Waals surface area contributed by atoms with Gasteiger partial charge in [0.25, 0.3) is 0 Å². The summed E-state index contributed by atoms with van der Waals surface area (Å²) < 4.78 is 41.2. The maximum Gasteiger partial charge on any atom is 0.406 e. The van der Waals surface area contributed by atoms with Crippen LogP contribution in [0.5, 0.6) is 0 Å². The quantitative estimate of drug-likeness (QED) is 0.700. The van der Waals surface area contributed by atoms with Crippen molar-refractivity contribution in [2.75, 3.05) is 19.7 Å². The van der Waals surface area contributed by atoms with Crippen molar-refractivity contribution in [3.05, 3.63) is 0 Å². The highest BCUT2D eigenvalue weighted by Crippen LogP contribution is 2.16. The number of carbonyl (C=O) groups excluding carboxylic acids is 2. The zero-order valence-electron chi connectivity index (χ0n) is 10.9. The van der Waals surface area contributed by atoms with Crippen molar-refractivity contribution in [2.45, 2.75) is 26.1 Å². The van der Waals surface area contributed by atoms with Crippen LogP contribution in [0.3, 0.4) is 0 Å². The molecule has 0 saturated carbocycles. The van der Waals surface area contributed by atoms with Crippen LogP contribution in [0.2, 0.25) is 0 Å². The van der Waals surface area contributed by atoms with Crippen LogP contribution in [0, 0.1) is 0 Å². The van der Waals surface area contributed by atoms with Gasteiger partial charge in [0.15, 0.2) is 0 Å². The Morgan fingerprint density at radius 3 is 2.30 bits per heavy atom. The van der Waals surface area contributed by atoms with Crippen LogP contribution < -0.4 is 5.32 Å². The largest absolute Gasteiger partial charge is 0.480 e. The molecule has 0 aromatic carbocycles. The molecule has 2 amide bonds. The van der Waals surface area contributed by atoms with Gasteiger partial charge in [-0.05, 0) is 13.8 Å². The van der Waals surface area contributed by atoms with Gasteiger partial charge in [0.05, 0.1) is 6.61 Å². The highest BCUT2D eigenvalue weighted by Gasteiger charge is 2.34. The molecular formula is C10H15F3N2O5. The molecule has 0 heterocycles. The Morgan fingerprint density at radius 2 is 1.90 bits per heavy atom. The number of amides is 2. The van der Waals surface area contributed by atoms with Crippen LogP contribution in [-0.2, 0) is 14.3 Å². The second kappa shape index (κ2) is 7.56. The van der Waals surface area contributed by atoms with E-state index in [1.807, 2.05) is 5.32 Å². The number of aliphatic carboxylic acids is 1. The van der Waals surface area contributed by atoms with E-state index in [1.54, 1.807) is 0 Å². The van der Waals surface area contributed by atoms with Crippen molar-refractivity contribution in [2.24, 2.45) is 0 Å². The molecule has 116 valence electrons. The molecule has 0 fully saturated rings. The molecule has 0 radical (unpaired) electrons. The SMILES string of the molecule is CCOC(=O)C(C)NC(=O)N(CC(=O)O)CC(F)(F)F. The monoisotopic (exact) mass is 300 g/mol. The molecule has 0 aliphatic heterocycles. The number of esters is 1. The molecule has 0 saturated heterocycles. The summed E-state index contributed by atoms with van der Waals surface area (Å²) in [5.41, 5.74) is 0. The summed E-state index contributed by atoms with van der Waals surface area (Å²) in [6.07, 6.45) is -4.75. The lowest BCUT2D eigenvalue weighted by Gasteiger charge is -2.24. The van der Waals surface area contributed by atoms with Crippen LogP contribution in [-0.4, -0.2) is 59.9 Å². The minimum atomic E-state index is -4.75. The Kier molecular flexibility index (Phi) is 6.80. The molecule has 1 unspecified atom stereocenters. The fourth-order valence-electron chi connectivity index (χ4n) is 1.18. The summed E-state index contributed by atoms with van der Waals surface area (Å²) in [6.45, 7) is -0.0999. The number of alkyl halides is 3. The van der Waals surface area contributed by atoms with E-state index in [0.29, 0.717) is 0 Å². The topological polar surface area (TPSA) is 95.9 Å². The highest BCUT2D eigenvalue weighted by atomic mass is 19.4. The van der Waals surface area contributed by atoms with Gasteiger partial charge in [-0.2, -0.15) is 13.2 Å². The lowest BCUT2D eigenvalue weighted by atomic mass is 10.3. The van der Waals surface area contributed by atoms with Gasteiger partial charge in [0.2, 0.25) is 0 Å². The van der Waals surface area contributed by atoms with E-state index in [1.165, 1.54) is 13.8 Å². The number of carbonyl (C=O) groups is 3. The number of ether oxygens (including phenoxy) is 1. The molecule has 0 spiro atoms. The second-order valence-electron chi connectivity index (χ2n) is 3.79. The molecule has 10 heteroatoms. The number of hydrogen-bond acceptors (Lipinski definition) is 4. The predicted molar refractivity (Wildman–Crippen MR) is 59.9 cm³/mol. The molecule has 0 rings (SSSR count). The third kappa shape index (κ3) is 7.44. The minimum absolute atomic E-state index is 0.0397. The van der Waals surface area contributed by atoms with Gasteiger partial charge in [0.1, 0.15) is 19.1 Å². The molecule has 0 aromatic rings. The number of carboxylic acids is 1. The fourth-order valence-corrected chi connectivity index (χ4v) is 1.18. The average molecular weight is 300 g/mol. The van der Waals surface area contributed by atoms with Crippen molar-refractivity contribution in [1.29, 1.82) is 0 Å². The Labute approximate surface area is 112 Å². The van der Waals surface area contributed by atoms with E-state index in [4.69, 9.17) is 5.11 Å². The molecule has 0 aromatic heterocycles. The lowest BCUT2D eigenvalue weighted by Crippen LogP contribution is -2.51.